The van der Waals surface area contributed by atoms with Gasteiger partial charge in [0.05, 0.1) is 23.2 Å². The molecule has 0 bridgehead atoms. The number of imide groups is 1. The third-order valence-corrected chi connectivity index (χ3v) is 5.64. The van der Waals surface area contributed by atoms with Gasteiger partial charge >= 0.3 is 0 Å². The van der Waals surface area contributed by atoms with Crippen LogP contribution < -0.4 is 4.74 Å². The van der Waals surface area contributed by atoms with E-state index in [9.17, 15) is 29.3 Å². The highest BCUT2D eigenvalue weighted by Gasteiger charge is 2.44. The minimum Gasteiger partial charge on any atom is -0.497 e. The molecule has 0 saturated heterocycles. The molecule has 0 spiro atoms. The maximum atomic E-state index is 13.6. The third-order valence-electron chi connectivity index (χ3n) is 5.64. The Morgan fingerprint density at radius 2 is 1.40 bits per heavy atom. The number of methoxy groups -OCH3 is 1. The van der Waals surface area contributed by atoms with Gasteiger partial charge < -0.3 is 4.74 Å². The molecule has 0 saturated carbocycles. The van der Waals surface area contributed by atoms with Gasteiger partial charge in [-0.25, -0.2) is 5.01 Å². The minimum atomic E-state index is -1.27. The molecule has 0 aliphatic carbocycles. The van der Waals surface area contributed by atoms with Gasteiger partial charge in [0.15, 0.2) is 5.78 Å². The van der Waals surface area contributed by atoms with Crippen molar-refractivity contribution in [2.75, 3.05) is 7.11 Å². The molecule has 4 rings (SSSR count). The van der Waals surface area contributed by atoms with Gasteiger partial charge in [-0.15, -0.1) is 0 Å². The summed E-state index contributed by atoms with van der Waals surface area (Å²) in [5.41, 5.74) is 0.153. The first-order valence-electron chi connectivity index (χ1n) is 10.5. The number of hydrogen-bond acceptors (Lipinski definition) is 7. The van der Waals surface area contributed by atoms with E-state index in [4.69, 9.17) is 4.74 Å². The molecule has 35 heavy (non-hydrogen) atoms. The summed E-state index contributed by atoms with van der Waals surface area (Å²) in [6.07, 6.45) is 0. The molecule has 1 atom stereocenters. The molecule has 10 heteroatoms. The smallest absolute Gasteiger partial charge is 0.280 e. The first-order valence-corrected chi connectivity index (χ1v) is 10.5. The number of amides is 3. The number of carbonyl (C=O) groups is 4. The molecule has 10 nitrogen and oxygen atoms in total. The molecule has 3 aromatic rings. The summed E-state index contributed by atoms with van der Waals surface area (Å²) in [6.45, 7) is 1.40. The number of carbonyl (C=O) groups excluding carboxylic acids is 4. The molecule has 176 valence electrons. The molecule has 3 aromatic carbocycles. The standard InChI is InChI=1S/C25H19N3O7/c1-15(22(29)16-9-13-19(35-2)14-10-16)26(23(30)17-7-11-18(12-8-17)28(33)34)27-24(31)20-5-3-4-6-21(20)25(27)32/h3-15H,1-2H3/t15-/m1/s1. The Morgan fingerprint density at radius 1 is 0.886 bits per heavy atom. The molecular formula is C25H19N3O7. The zero-order valence-corrected chi connectivity index (χ0v) is 18.7. The lowest BCUT2D eigenvalue weighted by atomic mass is 10.0. The number of rotatable bonds is 7. The van der Waals surface area contributed by atoms with E-state index in [1.807, 2.05) is 0 Å². The van der Waals surface area contributed by atoms with Crippen molar-refractivity contribution in [1.82, 2.24) is 10.0 Å². The summed E-state index contributed by atoms with van der Waals surface area (Å²) < 4.78 is 5.10. The predicted molar refractivity (Wildman–Crippen MR) is 123 cm³/mol. The van der Waals surface area contributed by atoms with Crippen molar-refractivity contribution < 1.29 is 28.8 Å². The van der Waals surface area contributed by atoms with E-state index in [1.165, 1.54) is 50.4 Å². The van der Waals surface area contributed by atoms with Crippen LogP contribution in [0.15, 0.2) is 72.8 Å². The maximum Gasteiger partial charge on any atom is 0.280 e. The number of fused-ring (bicyclic) bond motifs is 1. The fourth-order valence-electron chi connectivity index (χ4n) is 3.78. The Bertz CT molecular complexity index is 1320. The number of non-ortho nitro benzene ring substituents is 1. The molecule has 1 heterocycles. The second kappa shape index (κ2) is 9.18. The van der Waals surface area contributed by atoms with Crippen LogP contribution in [0.3, 0.4) is 0 Å². The van der Waals surface area contributed by atoms with E-state index < -0.39 is 34.5 Å². The summed E-state index contributed by atoms with van der Waals surface area (Å²) in [4.78, 5) is 63.6. The van der Waals surface area contributed by atoms with Gasteiger partial charge in [0.2, 0.25) is 0 Å². The van der Waals surface area contributed by atoms with Gasteiger partial charge in [-0.3, -0.25) is 29.3 Å². The average Bonchev–Trinajstić information content (AvgIpc) is 3.13. The largest absolute Gasteiger partial charge is 0.497 e. The first kappa shape index (κ1) is 23.3. The first-order chi connectivity index (χ1) is 16.7. The van der Waals surface area contributed by atoms with Crippen molar-refractivity contribution in [3.63, 3.8) is 0 Å². The average molecular weight is 473 g/mol. The summed E-state index contributed by atoms with van der Waals surface area (Å²) in [6, 6.07) is 15.6. The number of nitro benzene ring substituents is 1. The van der Waals surface area contributed by atoms with E-state index in [-0.39, 0.29) is 27.9 Å². The van der Waals surface area contributed by atoms with Crippen LogP contribution in [0.1, 0.15) is 48.4 Å². The van der Waals surface area contributed by atoms with E-state index in [1.54, 1.807) is 24.3 Å². The Labute approximate surface area is 199 Å². The quantitative estimate of drug-likeness (QED) is 0.222. The fraction of sp³-hybridized carbons (Fsp3) is 0.120. The lowest BCUT2D eigenvalue weighted by molar-refractivity contribution is -0.384. The highest BCUT2D eigenvalue weighted by Crippen LogP contribution is 2.28. The SMILES string of the molecule is COc1ccc(C(=O)[C@@H](C)N(C(=O)c2ccc([N+](=O)[O-])cc2)N2C(=O)c3ccccc3C2=O)cc1. The van der Waals surface area contributed by atoms with Crippen LogP contribution >= 0.6 is 0 Å². The number of Topliss-reactive ketones (excluding diaryl/α,β-unsaturated/α-hetero) is 1. The fourth-order valence-corrected chi connectivity index (χ4v) is 3.78. The second-order valence-corrected chi connectivity index (χ2v) is 7.69. The third kappa shape index (κ3) is 4.12. The number of nitrogens with zero attached hydrogens (tertiary/aromatic N) is 3. The number of hydrogen-bond donors (Lipinski definition) is 0. The molecule has 1 aliphatic rings. The normalized spacial score (nSPS) is 13.3. The monoisotopic (exact) mass is 473 g/mol. The lowest BCUT2D eigenvalue weighted by Gasteiger charge is -2.34. The molecule has 0 fully saturated rings. The highest BCUT2D eigenvalue weighted by molar-refractivity contribution is 6.22. The van der Waals surface area contributed by atoms with Gasteiger partial charge in [-0.1, -0.05) is 12.1 Å². The van der Waals surface area contributed by atoms with Crippen molar-refractivity contribution in [3.8, 4) is 5.75 Å². The van der Waals surface area contributed by atoms with E-state index >= 15 is 0 Å². The maximum absolute atomic E-state index is 13.6. The summed E-state index contributed by atoms with van der Waals surface area (Å²) >= 11 is 0. The van der Waals surface area contributed by atoms with Crippen LogP contribution in [-0.2, 0) is 0 Å². The molecule has 1 aliphatic heterocycles. The summed E-state index contributed by atoms with van der Waals surface area (Å²) in [5.74, 6) is -2.36. The number of hydrazine groups is 1. The van der Waals surface area contributed by atoms with Crippen molar-refractivity contribution in [1.29, 1.82) is 0 Å². The Kier molecular flexibility index (Phi) is 6.11. The van der Waals surface area contributed by atoms with Crippen LogP contribution in [0.25, 0.3) is 0 Å². The van der Waals surface area contributed by atoms with Crippen molar-refractivity contribution in [2.24, 2.45) is 0 Å². The Morgan fingerprint density at radius 3 is 1.89 bits per heavy atom. The van der Waals surface area contributed by atoms with E-state index in [2.05, 4.69) is 0 Å². The zero-order valence-electron chi connectivity index (χ0n) is 18.7. The molecule has 0 unspecified atom stereocenters. The van der Waals surface area contributed by atoms with Gasteiger partial charge in [-0.2, -0.15) is 5.01 Å². The highest BCUT2D eigenvalue weighted by atomic mass is 16.6. The molecule has 0 radical (unpaired) electrons. The van der Waals surface area contributed by atoms with Crippen molar-refractivity contribution in [3.05, 3.63) is 105 Å². The van der Waals surface area contributed by atoms with Gasteiger partial charge in [0, 0.05) is 23.3 Å². The molecule has 0 aromatic heterocycles. The summed E-state index contributed by atoms with van der Waals surface area (Å²) in [7, 11) is 1.48. The number of benzene rings is 3. The summed E-state index contributed by atoms with van der Waals surface area (Å²) in [5, 5.41) is 12.5. The number of ether oxygens (including phenoxy) is 1. The van der Waals surface area contributed by atoms with Crippen LogP contribution in [0.2, 0.25) is 0 Å². The Balaban J connectivity index is 1.76. The molecular weight excluding hydrogens is 454 g/mol. The second-order valence-electron chi connectivity index (χ2n) is 7.69. The molecule has 0 N–H and O–H groups in total. The number of nitro groups is 1. The van der Waals surface area contributed by atoms with Gasteiger partial charge in [0.1, 0.15) is 11.8 Å². The topological polar surface area (TPSA) is 127 Å². The molecule has 3 amide bonds. The zero-order chi connectivity index (χ0) is 25.3. The Hall–Kier alpha value is -4.86. The van der Waals surface area contributed by atoms with Crippen molar-refractivity contribution >= 4 is 29.2 Å². The van der Waals surface area contributed by atoms with E-state index in [0.717, 1.165) is 17.1 Å². The van der Waals surface area contributed by atoms with Gasteiger partial charge in [-0.05, 0) is 55.5 Å². The van der Waals surface area contributed by atoms with Crippen LogP contribution in [-0.4, -0.2) is 51.6 Å². The lowest BCUT2D eigenvalue weighted by Crippen LogP contribution is -2.56. The van der Waals surface area contributed by atoms with Gasteiger partial charge in [0.25, 0.3) is 23.4 Å². The predicted octanol–water partition coefficient (Wildman–Crippen LogP) is 3.53. The van der Waals surface area contributed by atoms with Crippen LogP contribution in [0.4, 0.5) is 5.69 Å². The van der Waals surface area contributed by atoms with Crippen LogP contribution in [0.5, 0.6) is 5.75 Å². The minimum absolute atomic E-state index is 0.0402. The van der Waals surface area contributed by atoms with Crippen molar-refractivity contribution in [2.45, 2.75) is 13.0 Å². The van der Waals surface area contributed by atoms with Crippen LogP contribution in [0, 0.1) is 10.1 Å². The number of ketones is 1. The van der Waals surface area contributed by atoms with E-state index in [0.29, 0.717) is 10.8 Å².